The average Bonchev–Trinajstić information content (AvgIpc) is 2.71. The topological polar surface area (TPSA) is 46.2 Å². The fourth-order valence-electron chi connectivity index (χ4n) is 1.83. The summed E-state index contributed by atoms with van der Waals surface area (Å²) in [5.74, 6) is 0.541. The van der Waals surface area contributed by atoms with Crippen molar-refractivity contribution in [1.82, 2.24) is 5.32 Å². The van der Waals surface area contributed by atoms with Crippen molar-refractivity contribution >= 4 is 21.2 Å². The van der Waals surface area contributed by atoms with Gasteiger partial charge in [-0.15, -0.1) is 0 Å². The van der Waals surface area contributed by atoms with Crippen LogP contribution in [0.25, 0.3) is 0 Å². The van der Waals surface area contributed by atoms with E-state index in [1.807, 2.05) is 7.05 Å². The maximum atomic E-state index is 11.4. The van der Waals surface area contributed by atoms with E-state index >= 15 is 0 Å². The van der Waals surface area contributed by atoms with E-state index in [0.29, 0.717) is 5.75 Å². The number of hydrogen-bond donors (Lipinski definition) is 1. The van der Waals surface area contributed by atoms with Gasteiger partial charge >= 0.3 is 0 Å². The molecule has 1 N–H and O–H groups in total. The molecule has 0 amide bonds. The van der Waals surface area contributed by atoms with Crippen molar-refractivity contribution in [1.29, 1.82) is 0 Å². The number of sulfone groups is 1. The van der Waals surface area contributed by atoms with Crippen molar-refractivity contribution in [3.05, 3.63) is 21.9 Å². The number of nitrogens with one attached hydrogen (secondary N) is 1. The lowest BCUT2D eigenvalue weighted by Crippen LogP contribution is -2.18. The van der Waals surface area contributed by atoms with Crippen molar-refractivity contribution in [3.8, 4) is 0 Å². The summed E-state index contributed by atoms with van der Waals surface area (Å²) in [6.45, 7) is 3.80. The Morgan fingerprint density at radius 1 is 1.41 bits per heavy atom. The van der Waals surface area contributed by atoms with E-state index in [-0.39, 0.29) is 11.8 Å². The summed E-state index contributed by atoms with van der Waals surface area (Å²) in [4.78, 5) is 0. The smallest absolute Gasteiger partial charge is 0.150 e. The maximum absolute atomic E-state index is 11.4. The molecule has 0 spiro atoms. The van der Waals surface area contributed by atoms with E-state index in [9.17, 15) is 8.42 Å². The van der Waals surface area contributed by atoms with Crippen LogP contribution in [0, 0.1) is 6.92 Å². The fourth-order valence-corrected chi connectivity index (χ4v) is 3.63. The zero-order chi connectivity index (χ0) is 12.9. The van der Waals surface area contributed by atoms with Crippen LogP contribution in [0.4, 0.5) is 0 Å². The Balaban J connectivity index is 2.52. The summed E-state index contributed by atoms with van der Waals surface area (Å²) in [5.41, 5.74) is 2.58. The molecule has 0 radical (unpaired) electrons. The first-order valence-electron chi connectivity index (χ1n) is 5.90. The van der Waals surface area contributed by atoms with E-state index in [1.54, 1.807) is 18.3 Å². The predicted molar refractivity (Wildman–Crippen MR) is 74.4 cm³/mol. The van der Waals surface area contributed by atoms with Crippen molar-refractivity contribution < 1.29 is 8.42 Å². The molecule has 0 aliphatic heterocycles. The van der Waals surface area contributed by atoms with Crippen LogP contribution >= 0.6 is 11.3 Å². The highest BCUT2D eigenvalue weighted by Crippen LogP contribution is 2.25. The van der Waals surface area contributed by atoms with Crippen LogP contribution in [0.5, 0.6) is 0 Å². The second-order valence-corrected chi connectivity index (χ2v) is 7.45. The fraction of sp³-hybridized carbons (Fsp3) is 0.667. The van der Waals surface area contributed by atoms with Crippen molar-refractivity contribution in [2.75, 3.05) is 18.6 Å². The monoisotopic (exact) mass is 275 g/mol. The Morgan fingerprint density at radius 2 is 2.12 bits per heavy atom. The zero-order valence-electron chi connectivity index (χ0n) is 10.7. The standard InChI is InChI=1S/C12H21NO2S2/c1-4-17(14,15)7-5-6-12(13-3)11-9-16-8-10(11)2/h8-9,12-13H,4-7H2,1-3H3. The molecule has 0 saturated heterocycles. The van der Waals surface area contributed by atoms with Crippen LogP contribution in [0.15, 0.2) is 10.8 Å². The average molecular weight is 275 g/mol. The lowest BCUT2D eigenvalue weighted by atomic mass is 10.0. The Kier molecular flexibility index (Phi) is 5.62. The minimum Gasteiger partial charge on any atom is -0.313 e. The lowest BCUT2D eigenvalue weighted by molar-refractivity contribution is 0.535. The van der Waals surface area contributed by atoms with Crippen LogP contribution in [0.1, 0.15) is 36.9 Å². The van der Waals surface area contributed by atoms with Gasteiger partial charge in [0.05, 0.1) is 5.75 Å². The molecule has 1 aromatic heterocycles. The number of hydrogen-bond acceptors (Lipinski definition) is 4. The highest BCUT2D eigenvalue weighted by molar-refractivity contribution is 7.91. The van der Waals surface area contributed by atoms with Crippen LogP contribution in [0.2, 0.25) is 0 Å². The first-order valence-corrected chi connectivity index (χ1v) is 8.67. The maximum Gasteiger partial charge on any atom is 0.150 e. The quantitative estimate of drug-likeness (QED) is 0.832. The molecule has 17 heavy (non-hydrogen) atoms. The van der Waals surface area contributed by atoms with E-state index in [1.165, 1.54) is 11.1 Å². The van der Waals surface area contributed by atoms with Gasteiger partial charge in [-0.25, -0.2) is 8.42 Å². The van der Waals surface area contributed by atoms with E-state index in [2.05, 4.69) is 23.0 Å². The van der Waals surface area contributed by atoms with Gasteiger partial charge in [0.1, 0.15) is 9.84 Å². The molecule has 1 aromatic rings. The minimum absolute atomic E-state index is 0.245. The van der Waals surface area contributed by atoms with Gasteiger partial charge in [-0.05, 0) is 48.7 Å². The van der Waals surface area contributed by atoms with Gasteiger partial charge in [-0.3, -0.25) is 0 Å². The van der Waals surface area contributed by atoms with E-state index in [0.717, 1.165) is 12.8 Å². The molecule has 0 aliphatic carbocycles. The number of rotatable bonds is 7. The Bertz CT molecular complexity index is 437. The van der Waals surface area contributed by atoms with Crippen molar-refractivity contribution in [3.63, 3.8) is 0 Å². The second kappa shape index (κ2) is 6.52. The van der Waals surface area contributed by atoms with Gasteiger partial charge in [0.25, 0.3) is 0 Å². The minimum atomic E-state index is -2.83. The van der Waals surface area contributed by atoms with Gasteiger partial charge < -0.3 is 5.32 Å². The normalized spacial score (nSPS) is 13.8. The highest BCUT2D eigenvalue weighted by atomic mass is 32.2. The first kappa shape index (κ1) is 14.7. The number of aryl methyl sites for hydroxylation is 1. The molecular formula is C12H21NO2S2. The summed E-state index contributed by atoms with van der Waals surface area (Å²) in [6, 6.07) is 0.272. The van der Waals surface area contributed by atoms with Crippen LogP contribution < -0.4 is 5.32 Å². The Labute approximate surface area is 108 Å². The second-order valence-electron chi connectivity index (χ2n) is 4.23. The third-order valence-corrected chi connectivity index (χ3v) is 5.68. The third kappa shape index (κ3) is 4.41. The molecule has 0 aromatic carbocycles. The van der Waals surface area contributed by atoms with E-state index < -0.39 is 9.84 Å². The largest absolute Gasteiger partial charge is 0.313 e. The van der Waals surface area contributed by atoms with Crippen LogP contribution in [0.3, 0.4) is 0 Å². The molecule has 1 atom stereocenters. The summed E-state index contributed by atoms with van der Waals surface area (Å²) < 4.78 is 22.8. The van der Waals surface area contributed by atoms with Gasteiger partial charge in [0, 0.05) is 11.8 Å². The van der Waals surface area contributed by atoms with Crippen molar-refractivity contribution in [2.24, 2.45) is 0 Å². The first-order chi connectivity index (χ1) is 8.00. The summed E-state index contributed by atoms with van der Waals surface area (Å²) in [6.07, 6.45) is 1.59. The molecule has 0 bridgehead atoms. The molecule has 0 aliphatic rings. The van der Waals surface area contributed by atoms with E-state index in [4.69, 9.17) is 0 Å². The molecule has 1 heterocycles. The molecule has 1 rings (SSSR count). The summed E-state index contributed by atoms with van der Waals surface area (Å²) in [5, 5.41) is 7.53. The Morgan fingerprint density at radius 3 is 2.59 bits per heavy atom. The van der Waals surface area contributed by atoms with Gasteiger partial charge in [-0.2, -0.15) is 11.3 Å². The number of thiophene rings is 1. The Hall–Kier alpha value is -0.390. The molecule has 98 valence electrons. The molecule has 0 fully saturated rings. The predicted octanol–water partition coefficient (Wildman–Crippen LogP) is 2.53. The third-order valence-electron chi connectivity index (χ3n) is 3.01. The van der Waals surface area contributed by atoms with Gasteiger partial charge in [0.2, 0.25) is 0 Å². The SMILES string of the molecule is CCS(=O)(=O)CCCC(NC)c1cscc1C. The zero-order valence-corrected chi connectivity index (χ0v) is 12.3. The summed E-state index contributed by atoms with van der Waals surface area (Å²) in [7, 11) is -0.901. The van der Waals surface area contributed by atoms with Crippen LogP contribution in [-0.4, -0.2) is 27.0 Å². The highest BCUT2D eigenvalue weighted by Gasteiger charge is 2.14. The van der Waals surface area contributed by atoms with Crippen molar-refractivity contribution in [2.45, 2.75) is 32.7 Å². The van der Waals surface area contributed by atoms with Gasteiger partial charge in [0.15, 0.2) is 0 Å². The molecular weight excluding hydrogens is 254 g/mol. The molecule has 1 unspecified atom stereocenters. The molecule has 5 heteroatoms. The molecule has 3 nitrogen and oxygen atoms in total. The van der Waals surface area contributed by atoms with Crippen LogP contribution in [-0.2, 0) is 9.84 Å². The summed E-state index contributed by atoms with van der Waals surface area (Å²) >= 11 is 1.70. The van der Waals surface area contributed by atoms with Gasteiger partial charge in [-0.1, -0.05) is 6.92 Å². The molecule has 0 saturated carbocycles. The lowest BCUT2D eigenvalue weighted by Gasteiger charge is -2.16.